The standard InChI is InChI=1S/C23H41N3O4/c1-19(2)25(4)17-21(27)18-30-22-8-7-20(15-23(22)28-5)16-24(3)9-6-10-26-11-13-29-14-12-26/h7-8,15,19,21,27H,6,9-14,16-18H2,1-5H3. The van der Waals surface area contributed by atoms with Crippen LogP contribution < -0.4 is 9.47 Å². The van der Waals surface area contributed by atoms with E-state index in [9.17, 15) is 5.11 Å². The lowest BCUT2D eigenvalue weighted by atomic mass is 10.2. The predicted octanol–water partition coefficient (Wildman–Crippen LogP) is 1.93. The second-order valence-corrected chi connectivity index (χ2v) is 8.53. The van der Waals surface area contributed by atoms with E-state index < -0.39 is 6.10 Å². The van der Waals surface area contributed by atoms with E-state index in [-0.39, 0.29) is 6.61 Å². The molecule has 1 N–H and O–H groups in total. The summed E-state index contributed by atoms with van der Waals surface area (Å²) >= 11 is 0. The number of ether oxygens (including phenoxy) is 3. The monoisotopic (exact) mass is 423 g/mol. The van der Waals surface area contributed by atoms with Crippen molar-refractivity contribution in [1.29, 1.82) is 0 Å². The van der Waals surface area contributed by atoms with E-state index in [1.54, 1.807) is 7.11 Å². The summed E-state index contributed by atoms with van der Waals surface area (Å²) < 4.78 is 16.8. The fourth-order valence-electron chi connectivity index (χ4n) is 3.49. The maximum atomic E-state index is 10.2. The van der Waals surface area contributed by atoms with Crippen molar-refractivity contribution in [3.05, 3.63) is 23.8 Å². The van der Waals surface area contributed by atoms with Gasteiger partial charge in [0.25, 0.3) is 0 Å². The Balaban J connectivity index is 1.78. The van der Waals surface area contributed by atoms with E-state index >= 15 is 0 Å². The largest absolute Gasteiger partial charge is 0.493 e. The fourth-order valence-corrected chi connectivity index (χ4v) is 3.49. The van der Waals surface area contributed by atoms with Gasteiger partial charge < -0.3 is 29.1 Å². The number of likely N-dealkylation sites (N-methyl/N-ethyl adjacent to an activating group) is 1. The van der Waals surface area contributed by atoms with Gasteiger partial charge in [-0.2, -0.15) is 0 Å². The van der Waals surface area contributed by atoms with Gasteiger partial charge in [-0.15, -0.1) is 0 Å². The molecule has 0 aliphatic carbocycles. The van der Waals surface area contributed by atoms with E-state index in [0.717, 1.165) is 52.4 Å². The van der Waals surface area contributed by atoms with Crippen molar-refractivity contribution < 1.29 is 19.3 Å². The number of morpholine rings is 1. The highest BCUT2D eigenvalue weighted by Gasteiger charge is 2.14. The number of methoxy groups -OCH3 is 1. The lowest BCUT2D eigenvalue weighted by molar-refractivity contribution is 0.0363. The Kier molecular flexibility index (Phi) is 10.9. The average molecular weight is 424 g/mol. The van der Waals surface area contributed by atoms with E-state index in [1.165, 1.54) is 5.56 Å². The predicted molar refractivity (Wildman–Crippen MR) is 120 cm³/mol. The van der Waals surface area contributed by atoms with Gasteiger partial charge in [0.2, 0.25) is 0 Å². The minimum Gasteiger partial charge on any atom is -0.493 e. The van der Waals surface area contributed by atoms with Gasteiger partial charge >= 0.3 is 0 Å². The Morgan fingerprint density at radius 2 is 1.90 bits per heavy atom. The summed E-state index contributed by atoms with van der Waals surface area (Å²) in [5, 5.41) is 10.2. The van der Waals surface area contributed by atoms with Crippen LogP contribution in [0.1, 0.15) is 25.8 Å². The van der Waals surface area contributed by atoms with Gasteiger partial charge in [-0.1, -0.05) is 6.07 Å². The van der Waals surface area contributed by atoms with Crippen LogP contribution in [0.25, 0.3) is 0 Å². The number of aliphatic hydroxyl groups excluding tert-OH is 1. The summed E-state index contributed by atoms with van der Waals surface area (Å²) in [6, 6.07) is 6.43. The molecule has 30 heavy (non-hydrogen) atoms. The van der Waals surface area contributed by atoms with Crippen LogP contribution in [0.3, 0.4) is 0 Å². The molecule has 1 saturated heterocycles. The first-order valence-corrected chi connectivity index (χ1v) is 11.1. The van der Waals surface area contributed by atoms with Crippen molar-refractivity contribution in [3.63, 3.8) is 0 Å². The summed E-state index contributed by atoms with van der Waals surface area (Å²) in [7, 11) is 5.81. The third-order valence-electron chi connectivity index (χ3n) is 5.61. The summed E-state index contributed by atoms with van der Waals surface area (Å²) in [5.41, 5.74) is 1.19. The minimum atomic E-state index is -0.542. The normalized spacial score (nSPS) is 16.4. The highest BCUT2D eigenvalue weighted by atomic mass is 16.5. The molecule has 1 atom stereocenters. The van der Waals surface area contributed by atoms with Gasteiger partial charge in [0.15, 0.2) is 11.5 Å². The molecule has 0 radical (unpaired) electrons. The topological polar surface area (TPSA) is 57.6 Å². The summed E-state index contributed by atoms with van der Waals surface area (Å²) in [6.07, 6.45) is 0.608. The number of hydrogen-bond donors (Lipinski definition) is 1. The SMILES string of the molecule is COc1cc(CN(C)CCCN2CCOCC2)ccc1OCC(O)CN(C)C(C)C. The van der Waals surface area contributed by atoms with Crippen LogP contribution in [0.15, 0.2) is 18.2 Å². The molecule has 0 aromatic heterocycles. The van der Waals surface area contributed by atoms with Crippen molar-refractivity contribution >= 4 is 0 Å². The van der Waals surface area contributed by atoms with Crippen LogP contribution in [-0.2, 0) is 11.3 Å². The second-order valence-electron chi connectivity index (χ2n) is 8.53. The Bertz CT molecular complexity index is 608. The van der Waals surface area contributed by atoms with E-state index in [0.29, 0.717) is 24.1 Å². The Hall–Kier alpha value is -1.38. The molecule has 2 rings (SSSR count). The maximum absolute atomic E-state index is 10.2. The third-order valence-corrected chi connectivity index (χ3v) is 5.61. The van der Waals surface area contributed by atoms with Gasteiger partial charge in [-0.3, -0.25) is 4.90 Å². The number of benzene rings is 1. The van der Waals surface area contributed by atoms with Crippen LogP contribution in [0.5, 0.6) is 11.5 Å². The smallest absolute Gasteiger partial charge is 0.161 e. The van der Waals surface area contributed by atoms with Crippen LogP contribution in [0, 0.1) is 0 Å². The van der Waals surface area contributed by atoms with E-state index in [1.807, 2.05) is 19.2 Å². The molecule has 1 aromatic rings. The van der Waals surface area contributed by atoms with Crippen LogP contribution in [0.2, 0.25) is 0 Å². The Labute approximate surface area is 182 Å². The quantitative estimate of drug-likeness (QED) is 0.520. The fraction of sp³-hybridized carbons (Fsp3) is 0.739. The summed E-state index contributed by atoms with van der Waals surface area (Å²) in [6.45, 7) is 11.9. The van der Waals surface area contributed by atoms with E-state index in [4.69, 9.17) is 14.2 Å². The van der Waals surface area contributed by atoms with Crippen molar-refractivity contribution in [2.45, 2.75) is 39.0 Å². The summed E-state index contributed by atoms with van der Waals surface area (Å²) in [5.74, 6) is 1.38. The first-order chi connectivity index (χ1) is 14.4. The molecule has 0 saturated carbocycles. The van der Waals surface area contributed by atoms with Gasteiger partial charge in [0, 0.05) is 32.2 Å². The van der Waals surface area contributed by atoms with Gasteiger partial charge in [0.05, 0.1) is 20.3 Å². The molecule has 1 aliphatic rings. The molecule has 7 nitrogen and oxygen atoms in total. The van der Waals surface area contributed by atoms with Crippen LogP contribution in [0.4, 0.5) is 0 Å². The zero-order valence-corrected chi connectivity index (χ0v) is 19.5. The number of hydrogen-bond acceptors (Lipinski definition) is 7. The number of nitrogens with zero attached hydrogens (tertiary/aromatic N) is 3. The molecule has 0 spiro atoms. The average Bonchev–Trinajstić information content (AvgIpc) is 2.73. The molecule has 1 aliphatic heterocycles. The first-order valence-electron chi connectivity index (χ1n) is 11.1. The number of rotatable bonds is 13. The second kappa shape index (κ2) is 13.1. The zero-order chi connectivity index (χ0) is 21.9. The van der Waals surface area contributed by atoms with Gasteiger partial charge in [0.1, 0.15) is 12.7 Å². The third kappa shape index (κ3) is 8.78. The Morgan fingerprint density at radius 3 is 2.57 bits per heavy atom. The molecule has 1 aromatic carbocycles. The minimum absolute atomic E-state index is 0.244. The van der Waals surface area contributed by atoms with Crippen LogP contribution >= 0.6 is 0 Å². The van der Waals surface area contributed by atoms with Crippen molar-refractivity contribution in [3.8, 4) is 11.5 Å². The molecule has 0 bridgehead atoms. The maximum Gasteiger partial charge on any atom is 0.161 e. The van der Waals surface area contributed by atoms with Crippen molar-refractivity contribution in [1.82, 2.24) is 14.7 Å². The highest BCUT2D eigenvalue weighted by Crippen LogP contribution is 2.28. The van der Waals surface area contributed by atoms with Gasteiger partial charge in [-0.05, 0) is 65.1 Å². The molecule has 7 heteroatoms. The first kappa shape index (κ1) is 24.9. The summed E-state index contributed by atoms with van der Waals surface area (Å²) in [4.78, 5) is 6.91. The molecular formula is C23H41N3O4. The molecule has 0 amide bonds. The molecular weight excluding hydrogens is 382 g/mol. The van der Waals surface area contributed by atoms with Crippen molar-refractivity contribution in [2.75, 3.05) is 73.7 Å². The Morgan fingerprint density at radius 1 is 1.17 bits per heavy atom. The lowest BCUT2D eigenvalue weighted by Crippen LogP contribution is -2.37. The molecule has 1 fully saturated rings. The van der Waals surface area contributed by atoms with Crippen molar-refractivity contribution in [2.24, 2.45) is 0 Å². The number of aliphatic hydroxyl groups is 1. The lowest BCUT2D eigenvalue weighted by Gasteiger charge is -2.27. The van der Waals surface area contributed by atoms with E-state index in [2.05, 4.69) is 41.7 Å². The molecule has 172 valence electrons. The highest BCUT2D eigenvalue weighted by molar-refractivity contribution is 5.43. The zero-order valence-electron chi connectivity index (χ0n) is 19.5. The van der Waals surface area contributed by atoms with Crippen LogP contribution in [-0.4, -0.2) is 106 Å². The van der Waals surface area contributed by atoms with Gasteiger partial charge in [-0.25, -0.2) is 0 Å². The molecule has 1 heterocycles. The molecule has 1 unspecified atom stereocenters.